The van der Waals surface area contributed by atoms with Crippen molar-refractivity contribution in [2.45, 2.75) is 25.5 Å². The number of rotatable bonds is 7. The van der Waals surface area contributed by atoms with Crippen LogP contribution < -0.4 is 5.32 Å². The number of likely N-dealkylation sites (tertiary alicyclic amines) is 1. The van der Waals surface area contributed by atoms with Crippen LogP contribution in [-0.4, -0.2) is 37.6 Å². The molecule has 3 rings (SSSR count). The van der Waals surface area contributed by atoms with Gasteiger partial charge in [0.25, 0.3) is 5.91 Å². The van der Waals surface area contributed by atoms with Gasteiger partial charge in [-0.15, -0.1) is 11.3 Å². The minimum Gasteiger partial charge on any atom is -0.379 e. The monoisotopic (exact) mass is 362 g/mol. The summed E-state index contributed by atoms with van der Waals surface area (Å²) in [4.78, 5) is 16.4. The normalized spacial score (nSPS) is 16.1. The Hall–Kier alpha value is -1.76. The van der Waals surface area contributed by atoms with Gasteiger partial charge in [-0.3, -0.25) is 9.69 Å². The van der Waals surface area contributed by atoms with Gasteiger partial charge in [-0.05, 0) is 44.1 Å². The second-order valence-electron chi connectivity index (χ2n) is 6.19. The largest absolute Gasteiger partial charge is 0.379 e. The summed E-state index contributed by atoms with van der Waals surface area (Å²) in [7, 11) is 1.63. The molecule has 1 aromatic heterocycles. The van der Waals surface area contributed by atoms with Crippen LogP contribution >= 0.6 is 11.3 Å². The highest BCUT2D eigenvalue weighted by atomic mass is 32.1. The third-order valence-corrected chi connectivity index (χ3v) is 5.53. The highest BCUT2D eigenvalue weighted by molar-refractivity contribution is 7.14. The molecule has 0 bridgehead atoms. The summed E-state index contributed by atoms with van der Waals surface area (Å²) in [6, 6.07) is 10.4. The lowest BCUT2D eigenvalue weighted by atomic mass is 10.0. The molecule has 2 heterocycles. The number of carbonyl (C=O) groups excluding carboxylic acids is 1. The van der Waals surface area contributed by atoms with Crippen LogP contribution in [0.1, 0.15) is 39.0 Å². The number of ether oxygens (including phenoxy) is 1. The zero-order valence-corrected chi connectivity index (χ0v) is 15.2. The maximum Gasteiger partial charge on any atom is 0.261 e. The number of benzene rings is 1. The Kier molecular flexibility index (Phi) is 6.18. The topological polar surface area (TPSA) is 41.6 Å². The van der Waals surface area contributed by atoms with Crippen LogP contribution in [-0.2, 0) is 11.3 Å². The number of amides is 1. The van der Waals surface area contributed by atoms with E-state index >= 15 is 0 Å². The number of thiophene rings is 1. The van der Waals surface area contributed by atoms with Crippen LogP contribution in [0.25, 0.3) is 0 Å². The minimum absolute atomic E-state index is 0.118. The maximum atomic E-state index is 14.3. The lowest BCUT2D eigenvalue weighted by Gasteiger charge is -2.28. The van der Waals surface area contributed by atoms with E-state index in [-0.39, 0.29) is 17.8 Å². The predicted octanol–water partition coefficient (Wildman–Crippen LogP) is 3.60. The number of hydrogen-bond acceptors (Lipinski definition) is 4. The smallest absolute Gasteiger partial charge is 0.261 e. The zero-order chi connectivity index (χ0) is 17.6. The average Bonchev–Trinajstić information content (AvgIpc) is 3.29. The summed E-state index contributed by atoms with van der Waals surface area (Å²) in [5, 5.41) is 2.98. The van der Waals surface area contributed by atoms with Crippen LogP contribution in [0, 0.1) is 5.82 Å². The molecular weight excluding hydrogens is 339 g/mol. The van der Waals surface area contributed by atoms with E-state index in [2.05, 4.69) is 10.2 Å². The third kappa shape index (κ3) is 4.45. The highest BCUT2D eigenvalue weighted by Crippen LogP contribution is 2.27. The van der Waals surface area contributed by atoms with E-state index in [0.717, 1.165) is 30.8 Å². The van der Waals surface area contributed by atoms with Gasteiger partial charge in [0.2, 0.25) is 0 Å². The molecule has 1 saturated heterocycles. The van der Waals surface area contributed by atoms with E-state index in [1.165, 1.54) is 17.4 Å². The fourth-order valence-electron chi connectivity index (χ4n) is 3.23. The molecule has 0 aliphatic carbocycles. The molecule has 0 saturated carbocycles. The average molecular weight is 362 g/mol. The van der Waals surface area contributed by atoms with Crippen LogP contribution in [0.4, 0.5) is 4.39 Å². The molecule has 0 radical (unpaired) electrons. The van der Waals surface area contributed by atoms with Gasteiger partial charge >= 0.3 is 0 Å². The van der Waals surface area contributed by atoms with E-state index in [9.17, 15) is 9.18 Å². The van der Waals surface area contributed by atoms with Crippen molar-refractivity contribution in [3.63, 3.8) is 0 Å². The van der Waals surface area contributed by atoms with Crippen LogP contribution in [0.2, 0.25) is 0 Å². The second kappa shape index (κ2) is 8.56. The number of carbonyl (C=O) groups is 1. The van der Waals surface area contributed by atoms with Gasteiger partial charge in [-0.25, -0.2) is 4.39 Å². The molecular formula is C19H23FN2O2S. The van der Waals surface area contributed by atoms with Crippen molar-refractivity contribution in [2.75, 3.05) is 26.7 Å². The van der Waals surface area contributed by atoms with Gasteiger partial charge in [0.15, 0.2) is 0 Å². The molecule has 1 amide bonds. The van der Waals surface area contributed by atoms with E-state index in [4.69, 9.17) is 4.74 Å². The first-order valence-corrected chi connectivity index (χ1v) is 9.35. The summed E-state index contributed by atoms with van der Waals surface area (Å²) >= 11 is 1.42. The zero-order valence-electron chi connectivity index (χ0n) is 14.3. The molecule has 1 N–H and O–H groups in total. The van der Waals surface area contributed by atoms with Crippen molar-refractivity contribution >= 4 is 17.2 Å². The molecule has 0 spiro atoms. The Morgan fingerprint density at radius 2 is 2.04 bits per heavy atom. The maximum absolute atomic E-state index is 14.3. The summed E-state index contributed by atoms with van der Waals surface area (Å²) < 4.78 is 19.4. The van der Waals surface area contributed by atoms with E-state index in [1.807, 2.05) is 24.3 Å². The molecule has 6 heteroatoms. The van der Waals surface area contributed by atoms with Crippen LogP contribution in [0.15, 0.2) is 36.4 Å². The summed E-state index contributed by atoms with van der Waals surface area (Å²) in [6.45, 7) is 2.78. The molecule has 4 nitrogen and oxygen atoms in total. The molecule has 0 unspecified atom stereocenters. The van der Waals surface area contributed by atoms with Gasteiger partial charge in [0.1, 0.15) is 5.82 Å². The summed E-state index contributed by atoms with van der Waals surface area (Å²) in [6.07, 6.45) is 2.23. The minimum atomic E-state index is -0.216. The van der Waals surface area contributed by atoms with Crippen molar-refractivity contribution < 1.29 is 13.9 Å². The SMILES string of the molecule is COCc1ccc(C(=O)NC[C@H](c2ccccc2F)N2CCCC2)s1. The van der Waals surface area contributed by atoms with Crippen molar-refractivity contribution in [2.24, 2.45) is 0 Å². The molecule has 1 aliphatic rings. The summed E-state index contributed by atoms with van der Waals surface area (Å²) in [5.74, 6) is -0.333. The lowest BCUT2D eigenvalue weighted by molar-refractivity contribution is 0.0941. The number of hydrogen-bond donors (Lipinski definition) is 1. The Morgan fingerprint density at radius 3 is 2.76 bits per heavy atom. The molecule has 1 atom stereocenters. The fourth-order valence-corrected chi connectivity index (χ4v) is 4.13. The second-order valence-corrected chi connectivity index (χ2v) is 7.36. The highest BCUT2D eigenvalue weighted by Gasteiger charge is 2.26. The van der Waals surface area contributed by atoms with E-state index in [0.29, 0.717) is 23.6 Å². The first kappa shape index (κ1) is 18.0. The van der Waals surface area contributed by atoms with E-state index < -0.39 is 0 Å². The molecule has 25 heavy (non-hydrogen) atoms. The van der Waals surface area contributed by atoms with Gasteiger partial charge in [-0.1, -0.05) is 18.2 Å². The van der Waals surface area contributed by atoms with Crippen molar-refractivity contribution in [1.82, 2.24) is 10.2 Å². The molecule has 1 fully saturated rings. The van der Waals surface area contributed by atoms with E-state index in [1.54, 1.807) is 13.2 Å². The number of nitrogens with one attached hydrogen (secondary N) is 1. The van der Waals surface area contributed by atoms with Crippen molar-refractivity contribution in [1.29, 1.82) is 0 Å². The molecule has 2 aromatic rings. The van der Waals surface area contributed by atoms with Crippen molar-refractivity contribution in [3.05, 3.63) is 57.5 Å². The van der Waals surface area contributed by atoms with Crippen molar-refractivity contribution in [3.8, 4) is 0 Å². The Labute approximate surface area is 151 Å². The van der Waals surface area contributed by atoms with Crippen LogP contribution in [0.3, 0.4) is 0 Å². The van der Waals surface area contributed by atoms with Crippen LogP contribution in [0.5, 0.6) is 0 Å². The molecule has 1 aliphatic heterocycles. The Bertz CT molecular complexity index is 713. The predicted molar refractivity (Wildman–Crippen MR) is 97.3 cm³/mol. The quantitative estimate of drug-likeness (QED) is 0.818. The first-order chi connectivity index (χ1) is 12.2. The van der Waals surface area contributed by atoms with Gasteiger partial charge in [0.05, 0.1) is 17.5 Å². The first-order valence-electron chi connectivity index (χ1n) is 8.53. The molecule has 134 valence electrons. The number of halogens is 1. The fraction of sp³-hybridized carbons (Fsp3) is 0.421. The standard InChI is InChI=1S/C19H23FN2O2S/c1-24-13-14-8-9-18(25-14)19(23)21-12-17(22-10-4-5-11-22)15-6-2-3-7-16(15)20/h2-3,6-9,17H,4-5,10-13H2,1H3,(H,21,23)/t17-/m1/s1. The summed E-state index contributed by atoms with van der Waals surface area (Å²) in [5.41, 5.74) is 0.649. The third-order valence-electron chi connectivity index (χ3n) is 4.47. The molecule has 1 aromatic carbocycles. The van der Waals surface area contributed by atoms with Gasteiger partial charge in [0, 0.05) is 24.1 Å². The lowest BCUT2D eigenvalue weighted by Crippen LogP contribution is -2.37. The number of nitrogens with zero attached hydrogens (tertiary/aromatic N) is 1. The number of methoxy groups -OCH3 is 1. The Balaban J connectivity index is 1.69. The van der Waals surface area contributed by atoms with Gasteiger partial charge < -0.3 is 10.1 Å². The Morgan fingerprint density at radius 1 is 1.28 bits per heavy atom. The van der Waals surface area contributed by atoms with Gasteiger partial charge in [-0.2, -0.15) is 0 Å².